The lowest BCUT2D eigenvalue weighted by Crippen LogP contribution is -2.21. The second-order valence-corrected chi connectivity index (χ2v) is 5.11. The Morgan fingerprint density at radius 2 is 1.55 bits per heavy atom. The molecule has 0 saturated heterocycles. The molecular formula is C10H21N. The fraction of sp³-hybridized carbons (Fsp3) is 0.900. The number of hydrogen-bond acceptors (Lipinski definition) is 1. The lowest BCUT2D eigenvalue weighted by molar-refractivity contribution is 0.283. The van der Waals surface area contributed by atoms with Crippen LogP contribution < -0.4 is 0 Å². The van der Waals surface area contributed by atoms with Crippen LogP contribution in [0.25, 0.3) is 0 Å². The van der Waals surface area contributed by atoms with Gasteiger partial charge in [-0.2, -0.15) is 0 Å². The zero-order chi connectivity index (χ0) is 9.12. The maximum Gasteiger partial charge on any atom is 0.0273 e. The number of nitrogens with zero attached hydrogens (tertiary/aromatic N) is 1. The van der Waals surface area contributed by atoms with Crippen molar-refractivity contribution >= 4 is 6.21 Å². The number of rotatable bonds is 2. The van der Waals surface area contributed by atoms with Gasteiger partial charge in [0.2, 0.25) is 0 Å². The van der Waals surface area contributed by atoms with Crippen molar-refractivity contribution in [1.82, 2.24) is 0 Å². The van der Waals surface area contributed by atoms with Crippen LogP contribution in [-0.4, -0.2) is 13.3 Å². The van der Waals surface area contributed by atoms with Gasteiger partial charge in [-0.15, -0.1) is 0 Å². The predicted molar refractivity (Wildman–Crippen MR) is 52.3 cm³/mol. The second-order valence-electron chi connectivity index (χ2n) is 5.11. The van der Waals surface area contributed by atoms with Gasteiger partial charge in [0.15, 0.2) is 0 Å². The number of aliphatic imine (C=N–C) groups is 1. The van der Waals surface area contributed by atoms with Gasteiger partial charge in [0.25, 0.3) is 0 Å². The van der Waals surface area contributed by atoms with Crippen molar-refractivity contribution in [1.29, 1.82) is 0 Å². The van der Waals surface area contributed by atoms with E-state index in [-0.39, 0.29) is 5.41 Å². The maximum atomic E-state index is 4.07. The molecule has 0 bridgehead atoms. The first-order chi connectivity index (χ1) is 4.77. The lowest BCUT2D eigenvalue weighted by atomic mass is 9.77. The summed E-state index contributed by atoms with van der Waals surface area (Å²) in [4.78, 5) is 4.07. The quantitative estimate of drug-likeness (QED) is 0.543. The van der Waals surface area contributed by atoms with Crippen LogP contribution in [-0.2, 0) is 0 Å². The van der Waals surface area contributed by atoms with Crippen LogP contribution in [0.4, 0.5) is 0 Å². The minimum Gasteiger partial charge on any atom is -0.300 e. The van der Waals surface area contributed by atoms with Gasteiger partial charge >= 0.3 is 0 Å². The van der Waals surface area contributed by atoms with Crippen molar-refractivity contribution in [2.45, 2.75) is 41.0 Å². The van der Waals surface area contributed by atoms with E-state index in [4.69, 9.17) is 0 Å². The molecule has 0 aliphatic rings. The fourth-order valence-electron chi connectivity index (χ4n) is 1.76. The summed E-state index contributed by atoms with van der Waals surface area (Å²) in [6.07, 6.45) is 3.22. The minimum absolute atomic E-state index is 0.243. The third-order valence-electron chi connectivity index (χ3n) is 1.46. The molecular weight excluding hydrogens is 134 g/mol. The summed E-state index contributed by atoms with van der Waals surface area (Å²) in [6.45, 7) is 11.2. The molecule has 0 radical (unpaired) electrons. The predicted octanol–water partition coefficient (Wildman–Crippen LogP) is 3.15. The topological polar surface area (TPSA) is 12.4 Å². The molecule has 0 rings (SSSR count). The largest absolute Gasteiger partial charge is 0.300 e. The zero-order valence-corrected chi connectivity index (χ0v) is 8.73. The van der Waals surface area contributed by atoms with Gasteiger partial charge in [0.05, 0.1) is 0 Å². The summed E-state index contributed by atoms with van der Waals surface area (Å²) in [6, 6.07) is 0. The van der Waals surface area contributed by atoms with Crippen LogP contribution in [0.3, 0.4) is 0 Å². The van der Waals surface area contributed by atoms with Gasteiger partial charge in [0, 0.05) is 18.7 Å². The van der Waals surface area contributed by atoms with E-state index in [1.807, 2.05) is 13.3 Å². The molecule has 0 heterocycles. The van der Waals surface area contributed by atoms with E-state index in [9.17, 15) is 0 Å². The van der Waals surface area contributed by atoms with E-state index in [1.165, 1.54) is 6.42 Å². The fourth-order valence-corrected chi connectivity index (χ4v) is 1.76. The van der Waals surface area contributed by atoms with Crippen LogP contribution in [0.2, 0.25) is 0 Å². The molecule has 0 aromatic heterocycles. The van der Waals surface area contributed by atoms with Crippen molar-refractivity contribution < 1.29 is 0 Å². The van der Waals surface area contributed by atoms with E-state index in [0.717, 1.165) is 0 Å². The molecule has 0 N–H and O–H groups in total. The smallest absolute Gasteiger partial charge is 0.0273 e. The molecule has 0 spiro atoms. The molecule has 0 unspecified atom stereocenters. The van der Waals surface area contributed by atoms with Crippen molar-refractivity contribution in [3.8, 4) is 0 Å². The van der Waals surface area contributed by atoms with Gasteiger partial charge in [0.1, 0.15) is 0 Å². The summed E-state index contributed by atoms with van der Waals surface area (Å²) in [5, 5.41) is 0. The first-order valence-electron chi connectivity index (χ1n) is 4.20. The average Bonchev–Trinajstić information content (AvgIpc) is 1.55. The molecule has 66 valence electrons. The summed E-state index contributed by atoms with van der Waals surface area (Å²) < 4.78 is 0. The molecule has 0 aliphatic carbocycles. The highest BCUT2D eigenvalue weighted by molar-refractivity contribution is 5.64. The Bertz CT molecular complexity index is 137. The highest BCUT2D eigenvalue weighted by atomic mass is 14.7. The Kier molecular flexibility index (Phi) is 3.28. The van der Waals surface area contributed by atoms with Crippen molar-refractivity contribution in [2.75, 3.05) is 7.05 Å². The van der Waals surface area contributed by atoms with Gasteiger partial charge in [-0.1, -0.05) is 34.6 Å². The second kappa shape index (κ2) is 3.38. The average molecular weight is 155 g/mol. The van der Waals surface area contributed by atoms with E-state index < -0.39 is 0 Å². The summed E-state index contributed by atoms with van der Waals surface area (Å²) in [5.74, 6) is 0. The molecule has 1 nitrogen and oxygen atoms in total. The zero-order valence-electron chi connectivity index (χ0n) is 8.73. The van der Waals surface area contributed by atoms with Gasteiger partial charge in [-0.05, 0) is 11.8 Å². The molecule has 0 saturated carbocycles. The molecule has 1 heteroatoms. The third kappa shape index (κ3) is 6.08. The van der Waals surface area contributed by atoms with Gasteiger partial charge in [-0.3, -0.25) is 0 Å². The standard InChI is InChI=1S/C10H21N/c1-9(2,3)7-10(4,5)8-11-6/h8H,7H2,1-6H3. The highest BCUT2D eigenvalue weighted by Crippen LogP contribution is 2.31. The van der Waals surface area contributed by atoms with Crippen molar-refractivity contribution in [3.05, 3.63) is 0 Å². The van der Waals surface area contributed by atoms with E-state index in [2.05, 4.69) is 39.6 Å². The van der Waals surface area contributed by atoms with Crippen LogP contribution in [0.15, 0.2) is 4.99 Å². The van der Waals surface area contributed by atoms with Gasteiger partial charge < -0.3 is 4.99 Å². The Balaban J connectivity index is 4.13. The molecule has 0 amide bonds. The molecule has 0 fully saturated rings. The van der Waals surface area contributed by atoms with E-state index in [0.29, 0.717) is 5.41 Å². The van der Waals surface area contributed by atoms with Gasteiger partial charge in [-0.25, -0.2) is 0 Å². The number of hydrogen-bond donors (Lipinski definition) is 0. The first kappa shape index (κ1) is 10.7. The molecule has 0 aromatic carbocycles. The van der Waals surface area contributed by atoms with Crippen molar-refractivity contribution in [3.63, 3.8) is 0 Å². The summed E-state index contributed by atoms with van der Waals surface area (Å²) in [5.41, 5.74) is 0.637. The van der Waals surface area contributed by atoms with E-state index >= 15 is 0 Å². The molecule has 0 atom stereocenters. The SMILES string of the molecule is CN=CC(C)(C)CC(C)(C)C. The minimum atomic E-state index is 0.243. The molecule has 0 aliphatic heterocycles. The Morgan fingerprint density at radius 1 is 1.09 bits per heavy atom. The van der Waals surface area contributed by atoms with Crippen molar-refractivity contribution in [2.24, 2.45) is 15.8 Å². The van der Waals surface area contributed by atoms with Crippen LogP contribution >= 0.6 is 0 Å². The lowest BCUT2D eigenvalue weighted by Gasteiger charge is -2.28. The molecule has 11 heavy (non-hydrogen) atoms. The third-order valence-corrected chi connectivity index (χ3v) is 1.46. The van der Waals surface area contributed by atoms with Crippen LogP contribution in [0.1, 0.15) is 41.0 Å². The highest BCUT2D eigenvalue weighted by Gasteiger charge is 2.23. The Labute approximate surface area is 70.9 Å². The van der Waals surface area contributed by atoms with E-state index in [1.54, 1.807) is 0 Å². The van der Waals surface area contributed by atoms with Crippen LogP contribution in [0, 0.1) is 10.8 Å². The Hall–Kier alpha value is -0.330. The molecule has 0 aromatic rings. The Morgan fingerprint density at radius 3 is 1.82 bits per heavy atom. The summed E-state index contributed by atoms with van der Waals surface area (Å²) in [7, 11) is 1.84. The first-order valence-corrected chi connectivity index (χ1v) is 4.20. The maximum absolute atomic E-state index is 4.07. The normalized spacial score (nSPS) is 14.4. The summed E-state index contributed by atoms with van der Waals surface area (Å²) >= 11 is 0. The monoisotopic (exact) mass is 155 g/mol. The van der Waals surface area contributed by atoms with Crippen LogP contribution in [0.5, 0.6) is 0 Å².